The fourth-order valence-corrected chi connectivity index (χ4v) is 3.75. The van der Waals surface area contributed by atoms with Gasteiger partial charge in [-0.25, -0.2) is 0 Å². The summed E-state index contributed by atoms with van der Waals surface area (Å²) in [6.45, 7) is 0. The van der Waals surface area contributed by atoms with Crippen LogP contribution in [0.25, 0.3) is 0 Å². The summed E-state index contributed by atoms with van der Waals surface area (Å²) >= 11 is 3.51. The zero-order valence-electron chi connectivity index (χ0n) is 10.6. The van der Waals surface area contributed by atoms with Crippen molar-refractivity contribution in [3.05, 3.63) is 28.2 Å². The van der Waals surface area contributed by atoms with Gasteiger partial charge in [-0.3, -0.25) is 0 Å². The number of rotatable bonds is 0. The highest BCUT2D eigenvalue weighted by Gasteiger charge is 2.39. The van der Waals surface area contributed by atoms with Crippen LogP contribution in [0, 0.1) is 0 Å². The van der Waals surface area contributed by atoms with Gasteiger partial charge < -0.3 is 10.5 Å². The Labute approximate surface area is 117 Å². The quantitative estimate of drug-likeness (QED) is 0.774. The van der Waals surface area contributed by atoms with E-state index in [1.54, 1.807) is 0 Å². The second-order valence-corrected chi connectivity index (χ2v) is 6.61. The Hall–Kier alpha value is -0.540. The van der Waals surface area contributed by atoms with Gasteiger partial charge in [-0.05, 0) is 43.9 Å². The summed E-state index contributed by atoms with van der Waals surface area (Å²) in [5.41, 5.74) is 7.53. The lowest BCUT2D eigenvalue weighted by molar-refractivity contribution is 0.0213. The maximum absolute atomic E-state index is 6.37. The van der Waals surface area contributed by atoms with E-state index in [0.717, 1.165) is 35.0 Å². The maximum Gasteiger partial charge on any atom is 0.124 e. The molecule has 2 nitrogen and oxygen atoms in total. The molecular weight excluding hydrogens is 290 g/mol. The van der Waals surface area contributed by atoms with E-state index in [1.807, 2.05) is 6.07 Å². The number of fused-ring (bicyclic) bond motifs is 1. The van der Waals surface area contributed by atoms with Crippen molar-refractivity contribution in [3.8, 4) is 5.75 Å². The topological polar surface area (TPSA) is 35.2 Å². The molecule has 0 saturated heterocycles. The molecule has 1 aromatic rings. The Morgan fingerprint density at radius 1 is 1.17 bits per heavy atom. The van der Waals surface area contributed by atoms with Crippen molar-refractivity contribution in [2.75, 3.05) is 0 Å². The first kappa shape index (κ1) is 12.5. The minimum Gasteiger partial charge on any atom is -0.487 e. The smallest absolute Gasteiger partial charge is 0.124 e. The molecule has 1 atom stereocenters. The van der Waals surface area contributed by atoms with Gasteiger partial charge in [0.05, 0.1) is 0 Å². The summed E-state index contributed by atoms with van der Waals surface area (Å²) in [5, 5.41) is 0. The summed E-state index contributed by atoms with van der Waals surface area (Å²) < 4.78 is 7.45. The number of hydrogen-bond acceptors (Lipinski definition) is 2. The molecular formula is C15H20BrNO. The lowest BCUT2D eigenvalue weighted by Gasteiger charge is -2.41. The number of halogens is 1. The lowest BCUT2D eigenvalue weighted by atomic mass is 9.82. The van der Waals surface area contributed by atoms with Crippen LogP contribution in [0.2, 0.25) is 0 Å². The standard InChI is InChI=1S/C15H20BrNO/c16-11-5-6-14-12(9-11)13(17)10-15(18-14)7-3-1-2-4-8-15/h5-6,9,13H,1-4,7-8,10,17H2/t13-/m1/s1. The molecule has 0 amide bonds. The summed E-state index contributed by atoms with van der Waals surface area (Å²) in [7, 11) is 0. The van der Waals surface area contributed by atoms with Gasteiger partial charge in [0.25, 0.3) is 0 Å². The Bertz CT molecular complexity index is 438. The fourth-order valence-electron chi connectivity index (χ4n) is 3.37. The van der Waals surface area contributed by atoms with E-state index in [0.29, 0.717) is 0 Å². The monoisotopic (exact) mass is 309 g/mol. The van der Waals surface area contributed by atoms with Gasteiger partial charge in [0.2, 0.25) is 0 Å². The second-order valence-electron chi connectivity index (χ2n) is 5.69. The van der Waals surface area contributed by atoms with E-state index < -0.39 is 0 Å². The van der Waals surface area contributed by atoms with E-state index in [9.17, 15) is 0 Å². The van der Waals surface area contributed by atoms with Gasteiger partial charge in [0.15, 0.2) is 0 Å². The van der Waals surface area contributed by atoms with Crippen LogP contribution in [-0.4, -0.2) is 5.60 Å². The highest BCUT2D eigenvalue weighted by molar-refractivity contribution is 9.10. The summed E-state index contributed by atoms with van der Waals surface area (Å²) in [4.78, 5) is 0. The van der Waals surface area contributed by atoms with Crippen LogP contribution < -0.4 is 10.5 Å². The average Bonchev–Trinajstić information content (AvgIpc) is 2.56. The molecule has 1 aliphatic carbocycles. The van der Waals surface area contributed by atoms with Crippen molar-refractivity contribution in [3.63, 3.8) is 0 Å². The molecule has 1 spiro atoms. The van der Waals surface area contributed by atoms with Crippen LogP contribution in [0.5, 0.6) is 5.75 Å². The minimum atomic E-state index is 0.0107. The van der Waals surface area contributed by atoms with Crippen molar-refractivity contribution in [1.82, 2.24) is 0 Å². The molecule has 3 rings (SSSR count). The molecule has 0 radical (unpaired) electrons. The zero-order chi connectivity index (χ0) is 12.6. The summed E-state index contributed by atoms with van der Waals surface area (Å²) in [6, 6.07) is 6.32. The van der Waals surface area contributed by atoms with Crippen LogP contribution in [0.4, 0.5) is 0 Å². The normalized spacial score (nSPS) is 26.2. The molecule has 1 heterocycles. The van der Waals surface area contributed by atoms with Gasteiger partial charge in [0, 0.05) is 22.5 Å². The number of ether oxygens (including phenoxy) is 1. The SMILES string of the molecule is N[C@@H]1CC2(CCCCCC2)Oc2ccc(Br)cc21. The molecule has 1 aliphatic heterocycles. The third-order valence-electron chi connectivity index (χ3n) is 4.30. The first-order valence-electron chi connectivity index (χ1n) is 6.93. The van der Waals surface area contributed by atoms with E-state index >= 15 is 0 Å². The van der Waals surface area contributed by atoms with Gasteiger partial charge in [0.1, 0.15) is 11.4 Å². The van der Waals surface area contributed by atoms with Crippen molar-refractivity contribution in [2.24, 2.45) is 5.73 Å². The van der Waals surface area contributed by atoms with Gasteiger partial charge in [-0.15, -0.1) is 0 Å². The molecule has 18 heavy (non-hydrogen) atoms. The zero-order valence-corrected chi connectivity index (χ0v) is 12.2. The number of hydrogen-bond donors (Lipinski definition) is 1. The minimum absolute atomic E-state index is 0.0107. The molecule has 3 heteroatoms. The largest absolute Gasteiger partial charge is 0.487 e. The van der Waals surface area contributed by atoms with Gasteiger partial charge in [-0.1, -0.05) is 28.8 Å². The average molecular weight is 310 g/mol. The Morgan fingerprint density at radius 2 is 1.89 bits per heavy atom. The Kier molecular flexibility index (Phi) is 3.37. The Morgan fingerprint density at radius 3 is 2.61 bits per heavy atom. The third kappa shape index (κ3) is 2.30. The molecule has 1 fully saturated rings. The van der Waals surface area contributed by atoms with Crippen molar-refractivity contribution >= 4 is 15.9 Å². The van der Waals surface area contributed by atoms with Gasteiger partial charge >= 0.3 is 0 Å². The second kappa shape index (κ2) is 4.86. The van der Waals surface area contributed by atoms with Crippen LogP contribution in [-0.2, 0) is 0 Å². The van der Waals surface area contributed by atoms with Crippen LogP contribution in [0.3, 0.4) is 0 Å². The van der Waals surface area contributed by atoms with Crippen molar-refractivity contribution in [1.29, 1.82) is 0 Å². The van der Waals surface area contributed by atoms with E-state index in [-0.39, 0.29) is 11.6 Å². The first-order valence-corrected chi connectivity index (χ1v) is 7.72. The van der Waals surface area contributed by atoms with Crippen LogP contribution >= 0.6 is 15.9 Å². The molecule has 1 aromatic carbocycles. The number of nitrogens with two attached hydrogens (primary N) is 1. The predicted octanol–water partition coefficient (Wildman–Crippen LogP) is 4.32. The third-order valence-corrected chi connectivity index (χ3v) is 4.80. The van der Waals surface area contributed by atoms with E-state index in [2.05, 4.69) is 28.1 Å². The Balaban J connectivity index is 1.92. The molecule has 2 aliphatic rings. The van der Waals surface area contributed by atoms with Crippen LogP contribution in [0.1, 0.15) is 56.6 Å². The molecule has 0 aromatic heterocycles. The van der Waals surface area contributed by atoms with E-state index in [4.69, 9.17) is 10.5 Å². The lowest BCUT2D eigenvalue weighted by Crippen LogP contribution is -2.42. The fraction of sp³-hybridized carbons (Fsp3) is 0.600. The molecule has 2 N–H and O–H groups in total. The van der Waals surface area contributed by atoms with Crippen LogP contribution in [0.15, 0.2) is 22.7 Å². The summed E-state index contributed by atoms with van der Waals surface area (Å²) in [5.74, 6) is 0.999. The molecule has 1 saturated carbocycles. The van der Waals surface area contributed by atoms with Crippen molar-refractivity contribution in [2.45, 2.75) is 56.6 Å². The highest BCUT2D eigenvalue weighted by Crippen LogP contribution is 2.45. The first-order chi connectivity index (χ1) is 8.69. The predicted molar refractivity (Wildman–Crippen MR) is 76.7 cm³/mol. The molecule has 0 unspecified atom stereocenters. The van der Waals surface area contributed by atoms with Gasteiger partial charge in [-0.2, -0.15) is 0 Å². The van der Waals surface area contributed by atoms with E-state index in [1.165, 1.54) is 25.7 Å². The number of benzene rings is 1. The van der Waals surface area contributed by atoms with Crippen molar-refractivity contribution < 1.29 is 4.74 Å². The highest BCUT2D eigenvalue weighted by atomic mass is 79.9. The molecule has 0 bridgehead atoms. The maximum atomic E-state index is 6.37. The molecule has 98 valence electrons. The summed E-state index contributed by atoms with van der Waals surface area (Å²) in [6.07, 6.45) is 8.53.